The third-order valence-electron chi connectivity index (χ3n) is 2.94. The molecule has 3 rings (SSSR count). The van der Waals surface area contributed by atoms with Crippen LogP contribution < -0.4 is 0 Å². The highest BCUT2D eigenvalue weighted by Crippen LogP contribution is 2.29. The van der Waals surface area contributed by atoms with E-state index in [9.17, 15) is 5.11 Å². The molecular formula is C13H12N2O2. The van der Waals surface area contributed by atoms with E-state index in [0.29, 0.717) is 0 Å². The molecule has 0 radical (unpaired) electrons. The van der Waals surface area contributed by atoms with Gasteiger partial charge in [0, 0.05) is 24.2 Å². The third-order valence-corrected chi connectivity index (χ3v) is 2.94. The number of fused-ring (bicyclic) bond motifs is 1. The van der Waals surface area contributed by atoms with E-state index < -0.39 is 6.10 Å². The minimum atomic E-state index is -0.717. The highest BCUT2D eigenvalue weighted by Gasteiger charge is 2.18. The van der Waals surface area contributed by atoms with Crippen LogP contribution in [0.15, 0.2) is 47.2 Å². The Bertz CT molecular complexity index is 654. The minimum absolute atomic E-state index is 0.717. The van der Waals surface area contributed by atoms with Gasteiger partial charge in [-0.1, -0.05) is 18.2 Å². The van der Waals surface area contributed by atoms with Gasteiger partial charge in [-0.05, 0) is 12.1 Å². The van der Waals surface area contributed by atoms with Crippen LogP contribution in [0.25, 0.3) is 11.0 Å². The monoisotopic (exact) mass is 228 g/mol. The molecule has 1 unspecified atom stereocenters. The van der Waals surface area contributed by atoms with Crippen LogP contribution in [0, 0.1) is 0 Å². The summed E-state index contributed by atoms with van der Waals surface area (Å²) in [6.07, 6.45) is 2.55. The second-order valence-electron chi connectivity index (χ2n) is 3.97. The van der Waals surface area contributed by atoms with Crippen LogP contribution in [0.3, 0.4) is 0 Å². The van der Waals surface area contributed by atoms with Crippen molar-refractivity contribution in [1.29, 1.82) is 0 Å². The lowest BCUT2D eigenvalue weighted by Crippen LogP contribution is -2.05. The van der Waals surface area contributed by atoms with E-state index in [1.54, 1.807) is 30.3 Å². The molecule has 2 heterocycles. The summed E-state index contributed by atoms with van der Waals surface area (Å²) in [5.74, 6) is 0. The number of aliphatic hydroxyl groups is 1. The fourth-order valence-electron chi connectivity index (χ4n) is 2.02. The Morgan fingerprint density at radius 1 is 1.29 bits per heavy atom. The average Bonchev–Trinajstić information content (AvgIpc) is 2.94. The van der Waals surface area contributed by atoms with Crippen LogP contribution in [-0.2, 0) is 7.05 Å². The zero-order valence-electron chi connectivity index (χ0n) is 9.37. The first kappa shape index (κ1) is 10.1. The summed E-state index contributed by atoms with van der Waals surface area (Å²) in [5.41, 5.74) is 2.30. The molecular weight excluding hydrogens is 216 g/mol. The molecule has 1 N–H and O–H groups in total. The molecule has 17 heavy (non-hydrogen) atoms. The van der Waals surface area contributed by atoms with Crippen LogP contribution in [0.4, 0.5) is 0 Å². The molecule has 0 saturated heterocycles. The minimum Gasteiger partial charge on any atom is -0.464 e. The number of aromatic nitrogens is 2. The van der Waals surface area contributed by atoms with Crippen molar-refractivity contribution in [1.82, 2.24) is 9.78 Å². The van der Waals surface area contributed by atoms with Crippen LogP contribution in [0.2, 0.25) is 0 Å². The van der Waals surface area contributed by atoms with Gasteiger partial charge in [0.1, 0.15) is 11.7 Å². The Balaban J connectivity index is 2.13. The maximum atomic E-state index is 10.3. The number of hydrogen-bond donors (Lipinski definition) is 1. The maximum absolute atomic E-state index is 10.3. The fraction of sp³-hybridized carbons (Fsp3) is 0.154. The van der Waals surface area contributed by atoms with Gasteiger partial charge in [-0.15, -0.1) is 0 Å². The van der Waals surface area contributed by atoms with Crippen molar-refractivity contribution in [3.8, 4) is 0 Å². The Hall–Kier alpha value is -2.07. The maximum Gasteiger partial charge on any atom is 0.134 e. The molecule has 0 aliphatic heterocycles. The van der Waals surface area contributed by atoms with Crippen LogP contribution in [0.1, 0.15) is 17.4 Å². The molecule has 1 aromatic carbocycles. The highest BCUT2D eigenvalue weighted by molar-refractivity contribution is 5.81. The largest absolute Gasteiger partial charge is 0.464 e. The zero-order chi connectivity index (χ0) is 11.8. The molecule has 86 valence electrons. The van der Waals surface area contributed by atoms with E-state index in [-0.39, 0.29) is 0 Å². The molecule has 0 aliphatic rings. The fourth-order valence-corrected chi connectivity index (χ4v) is 2.02. The summed E-state index contributed by atoms with van der Waals surface area (Å²) in [5, 5.41) is 15.3. The summed E-state index contributed by atoms with van der Waals surface area (Å²) < 4.78 is 7.08. The second-order valence-corrected chi connectivity index (χ2v) is 3.97. The van der Waals surface area contributed by atoms with Crippen molar-refractivity contribution in [2.45, 2.75) is 6.10 Å². The highest BCUT2D eigenvalue weighted by atomic mass is 16.3. The van der Waals surface area contributed by atoms with Crippen LogP contribution in [-0.4, -0.2) is 14.9 Å². The van der Waals surface area contributed by atoms with Gasteiger partial charge in [0.15, 0.2) is 0 Å². The molecule has 0 amide bonds. The number of benzene rings is 1. The second kappa shape index (κ2) is 3.75. The topological polar surface area (TPSA) is 51.2 Å². The van der Waals surface area contributed by atoms with Gasteiger partial charge >= 0.3 is 0 Å². The quantitative estimate of drug-likeness (QED) is 0.731. The van der Waals surface area contributed by atoms with Crippen molar-refractivity contribution in [2.24, 2.45) is 7.05 Å². The lowest BCUT2D eigenvalue weighted by Gasteiger charge is -2.09. The molecule has 2 aromatic heterocycles. The SMILES string of the molecule is Cn1nccc1C(O)c1coc2ccccc12. The lowest BCUT2D eigenvalue weighted by atomic mass is 10.1. The van der Waals surface area contributed by atoms with Gasteiger partial charge in [-0.3, -0.25) is 4.68 Å². The van der Waals surface area contributed by atoms with Gasteiger partial charge < -0.3 is 9.52 Å². The Morgan fingerprint density at radius 3 is 2.88 bits per heavy atom. The van der Waals surface area contributed by atoms with Crippen molar-refractivity contribution < 1.29 is 9.52 Å². The number of rotatable bonds is 2. The summed E-state index contributed by atoms with van der Waals surface area (Å²) in [6.45, 7) is 0. The summed E-state index contributed by atoms with van der Waals surface area (Å²) in [6, 6.07) is 9.46. The van der Waals surface area contributed by atoms with E-state index >= 15 is 0 Å². The zero-order valence-corrected chi connectivity index (χ0v) is 9.37. The summed E-state index contributed by atoms with van der Waals surface area (Å²) >= 11 is 0. The van der Waals surface area contributed by atoms with Crippen LogP contribution >= 0.6 is 0 Å². The summed E-state index contributed by atoms with van der Waals surface area (Å²) in [7, 11) is 1.81. The molecule has 3 aromatic rings. The Labute approximate surface area is 98.1 Å². The normalized spacial score (nSPS) is 13.1. The summed E-state index contributed by atoms with van der Waals surface area (Å²) in [4.78, 5) is 0. The smallest absolute Gasteiger partial charge is 0.134 e. The van der Waals surface area contributed by atoms with Crippen molar-refractivity contribution in [3.05, 3.63) is 54.0 Å². The predicted octanol–water partition coefficient (Wildman–Crippen LogP) is 2.25. The molecule has 0 bridgehead atoms. The Morgan fingerprint density at radius 2 is 2.12 bits per heavy atom. The number of furan rings is 1. The van der Waals surface area contributed by atoms with E-state index in [2.05, 4.69) is 5.10 Å². The number of para-hydroxylation sites is 1. The number of aliphatic hydroxyl groups excluding tert-OH is 1. The van der Waals surface area contributed by atoms with E-state index in [1.807, 2.05) is 24.3 Å². The number of nitrogens with zero attached hydrogens (tertiary/aromatic N) is 2. The van der Waals surface area contributed by atoms with Gasteiger partial charge in [0.25, 0.3) is 0 Å². The Kier molecular flexibility index (Phi) is 2.23. The van der Waals surface area contributed by atoms with E-state index in [1.165, 1.54) is 0 Å². The molecule has 1 atom stereocenters. The number of aryl methyl sites for hydroxylation is 1. The molecule has 4 heteroatoms. The van der Waals surface area contributed by atoms with Crippen molar-refractivity contribution in [3.63, 3.8) is 0 Å². The predicted molar refractivity (Wildman–Crippen MR) is 63.5 cm³/mol. The number of hydrogen-bond acceptors (Lipinski definition) is 3. The standard InChI is InChI=1S/C13H12N2O2/c1-15-11(6-7-14-15)13(16)10-8-17-12-5-3-2-4-9(10)12/h2-8,13,16H,1H3. The molecule has 4 nitrogen and oxygen atoms in total. The molecule has 0 aliphatic carbocycles. The lowest BCUT2D eigenvalue weighted by molar-refractivity contribution is 0.210. The van der Waals surface area contributed by atoms with E-state index in [4.69, 9.17) is 4.42 Å². The van der Waals surface area contributed by atoms with Crippen molar-refractivity contribution in [2.75, 3.05) is 0 Å². The van der Waals surface area contributed by atoms with Gasteiger partial charge in [0.2, 0.25) is 0 Å². The first-order valence-corrected chi connectivity index (χ1v) is 5.39. The molecule has 0 fully saturated rings. The van der Waals surface area contributed by atoms with Gasteiger partial charge in [0.05, 0.1) is 12.0 Å². The third kappa shape index (κ3) is 1.54. The van der Waals surface area contributed by atoms with Gasteiger partial charge in [-0.2, -0.15) is 5.10 Å². The van der Waals surface area contributed by atoms with Gasteiger partial charge in [-0.25, -0.2) is 0 Å². The first-order valence-electron chi connectivity index (χ1n) is 5.39. The molecule has 0 spiro atoms. The molecule has 0 saturated carbocycles. The average molecular weight is 228 g/mol. The van der Waals surface area contributed by atoms with E-state index in [0.717, 1.165) is 22.2 Å². The van der Waals surface area contributed by atoms with Crippen molar-refractivity contribution >= 4 is 11.0 Å². The van der Waals surface area contributed by atoms with Crippen LogP contribution in [0.5, 0.6) is 0 Å². The first-order chi connectivity index (χ1) is 8.27.